The first-order valence-corrected chi connectivity index (χ1v) is 3.42. The zero-order valence-corrected chi connectivity index (χ0v) is 6.67. The Morgan fingerprint density at radius 2 is 2.00 bits per heavy atom. The van der Waals surface area contributed by atoms with Crippen molar-refractivity contribution in [3.63, 3.8) is 0 Å². The molecular formula is C7H6ClNO3. The van der Waals surface area contributed by atoms with Gasteiger partial charge in [0.1, 0.15) is 10.8 Å². The molecule has 12 heavy (non-hydrogen) atoms. The Labute approximate surface area is 73.2 Å². The second kappa shape index (κ2) is 2.91. The number of hydrogen-bond acceptors (Lipinski definition) is 3. The number of carbonyl (C=O) groups excluding carboxylic acids is 1. The van der Waals surface area contributed by atoms with E-state index in [9.17, 15) is 4.79 Å². The number of hydrogen-bond donors (Lipinski definition) is 3. The summed E-state index contributed by atoms with van der Waals surface area (Å²) in [5.74, 6) is -1.59. The van der Waals surface area contributed by atoms with Crippen LogP contribution in [0.15, 0.2) is 12.1 Å². The first kappa shape index (κ1) is 8.67. The van der Waals surface area contributed by atoms with Gasteiger partial charge in [-0.3, -0.25) is 4.79 Å². The number of nitrogens with two attached hydrogens (primary N) is 1. The van der Waals surface area contributed by atoms with E-state index in [2.05, 4.69) is 0 Å². The number of phenolic OH excluding ortho intramolecular Hbond substituents is 1. The van der Waals surface area contributed by atoms with Gasteiger partial charge in [0.2, 0.25) is 0 Å². The number of phenols is 2. The van der Waals surface area contributed by atoms with Crippen LogP contribution in [0.3, 0.4) is 0 Å². The van der Waals surface area contributed by atoms with Crippen LogP contribution in [-0.2, 0) is 0 Å². The maximum atomic E-state index is 10.6. The second-order valence-corrected chi connectivity index (χ2v) is 2.54. The van der Waals surface area contributed by atoms with Crippen LogP contribution in [0.4, 0.5) is 0 Å². The first-order chi connectivity index (χ1) is 5.54. The highest BCUT2D eigenvalue weighted by atomic mass is 35.5. The molecule has 5 heteroatoms. The zero-order valence-electron chi connectivity index (χ0n) is 5.91. The molecule has 1 amide bonds. The lowest BCUT2D eigenvalue weighted by Crippen LogP contribution is -2.10. The minimum Gasteiger partial charge on any atom is -0.506 e. The quantitative estimate of drug-likeness (QED) is 0.610. The first-order valence-electron chi connectivity index (χ1n) is 3.04. The summed E-state index contributed by atoms with van der Waals surface area (Å²) in [5.41, 5.74) is 4.78. The molecule has 1 aromatic carbocycles. The van der Waals surface area contributed by atoms with Crippen molar-refractivity contribution in [2.24, 2.45) is 5.73 Å². The average Bonchev–Trinajstić information content (AvgIpc) is 2.00. The lowest BCUT2D eigenvalue weighted by atomic mass is 10.2. The van der Waals surface area contributed by atoms with Gasteiger partial charge >= 0.3 is 0 Å². The summed E-state index contributed by atoms with van der Waals surface area (Å²) >= 11 is 5.42. The van der Waals surface area contributed by atoms with Crippen molar-refractivity contribution in [2.45, 2.75) is 0 Å². The van der Waals surface area contributed by atoms with Crippen LogP contribution in [0.2, 0.25) is 5.02 Å². The molecule has 0 heterocycles. The monoisotopic (exact) mass is 187 g/mol. The van der Waals surface area contributed by atoms with Gasteiger partial charge in [-0.15, -0.1) is 0 Å². The predicted molar refractivity (Wildman–Crippen MR) is 43.3 cm³/mol. The van der Waals surface area contributed by atoms with Gasteiger partial charge in [-0.2, -0.15) is 0 Å². The highest BCUT2D eigenvalue weighted by Crippen LogP contribution is 2.34. The number of carbonyl (C=O) groups is 1. The third-order valence-electron chi connectivity index (χ3n) is 1.36. The van der Waals surface area contributed by atoms with Gasteiger partial charge in [0.15, 0.2) is 5.75 Å². The molecule has 0 atom stereocenters. The van der Waals surface area contributed by atoms with E-state index >= 15 is 0 Å². The molecule has 0 radical (unpaired) electrons. The lowest BCUT2D eigenvalue weighted by molar-refractivity contribution is 0.0998. The molecule has 0 spiro atoms. The second-order valence-electron chi connectivity index (χ2n) is 2.16. The standard InChI is InChI=1S/C7H6ClNO3/c8-5-4(10)2-1-3(6(5)11)7(9)12/h1-2,10-11H,(H2,9,12). The Balaban J connectivity index is 3.36. The highest BCUT2D eigenvalue weighted by molar-refractivity contribution is 6.34. The maximum Gasteiger partial charge on any atom is 0.252 e. The molecule has 0 saturated heterocycles. The normalized spacial score (nSPS) is 9.75. The third-order valence-corrected chi connectivity index (χ3v) is 1.73. The molecule has 0 saturated carbocycles. The van der Waals surface area contributed by atoms with Gasteiger partial charge in [-0.25, -0.2) is 0 Å². The number of benzene rings is 1. The molecular weight excluding hydrogens is 182 g/mol. The molecule has 0 aliphatic rings. The van der Waals surface area contributed by atoms with Crippen LogP contribution >= 0.6 is 11.6 Å². The van der Waals surface area contributed by atoms with Crippen LogP contribution < -0.4 is 5.73 Å². The summed E-state index contributed by atoms with van der Waals surface area (Å²) in [4.78, 5) is 10.6. The maximum absolute atomic E-state index is 10.6. The van der Waals surface area contributed by atoms with Gasteiger partial charge in [-0.1, -0.05) is 11.6 Å². The fourth-order valence-electron chi connectivity index (χ4n) is 0.753. The largest absolute Gasteiger partial charge is 0.506 e. The Hall–Kier alpha value is -1.42. The summed E-state index contributed by atoms with van der Waals surface area (Å²) in [6.07, 6.45) is 0. The van der Waals surface area contributed by atoms with Crippen molar-refractivity contribution < 1.29 is 15.0 Å². The molecule has 0 aromatic heterocycles. The molecule has 1 aromatic rings. The fourth-order valence-corrected chi connectivity index (χ4v) is 0.918. The third kappa shape index (κ3) is 1.29. The summed E-state index contributed by atoms with van der Waals surface area (Å²) in [6, 6.07) is 2.38. The minimum atomic E-state index is -0.797. The van der Waals surface area contributed by atoms with Crippen molar-refractivity contribution >= 4 is 17.5 Å². The van der Waals surface area contributed by atoms with Crippen molar-refractivity contribution in [2.75, 3.05) is 0 Å². The van der Waals surface area contributed by atoms with Crippen molar-refractivity contribution in [1.29, 1.82) is 0 Å². The zero-order chi connectivity index (χ0) is 9.30. The van der Waals surface area contributed by atoms with Crippen LogP contribution in [0.1, 0.15) is 10.4 Å². The van der Waals surface area contributed by atoms with Crippen LogP contribution in [0, 0.1) is 0 Å². The molecule has 64 valence electrons. The van der Waals surface area contributed by atoms with E-state index in [4.69, 9.17) is 27.5 Å². The molecule has 1 rings (SSSR count). The predicted octanol–water partition coefficient (Wildman–Crippen LogP) is 0.850. The molecule has 0 aliphatic heterocycles. The summed E-state index contributed by atoms with van der Waals surface area (Å²) < 4.78 is 0. The van der Waals surface area contributed by atoms with Crippen LogP contribution in [0.5, 0.6) is 11.5 Å². The van der Waals surface area contributed by atoms with Gasteiger partial charge < -0.3 is 15.9 Å². The van der Waals surface area contributed by atoms with Crippen molar-refractivity contribution in [3.8, 4) is 11.5 Å². The Morgan fingerprint density at radius 1 is 1.42 bits per heavy atom. The molecule has 4 N–H and O–H groups in total. The average molecular weight is 188 g/mol. The summed E-state index contributed by atoms with van der Waals surface area (Å²) in [5, 5.41) is 17.8. The summed E-state index contributed by atoms with van der Waals surface area (Å²) in [6.45, 7) is 0. The minimum absolute atomic E-state index is 0.113. The molecule has 0 unspecified atom stereocenters. The van der Waals surface area contributed by atoms with E-state index in [-0.39, 0.29) is 16.3 Å². The Kier molecular flexibility index (Phi) is 2.10. The van der Waals surface area contributed by atoms with Crippen molar-refractivity contribution in [1.82, 2.24) is 0 Å². The van der Waals surface area contributed by atoms with E-state index in [1.807, 2.05) is 0 Å². The smallest absolute Gasteiger partial charge is 0.252 e. The van der Waals surface area contributed by atoms with E-state index in [1.54, 1.807) is 0 Å². The fraction of sp³-hybridized carbons (Fsp3) is 0. The topological polar surface area (TPSA) is 83.6 Å². The summed E-state index contributed by atoms with van der Waals surface area (Å²) in [7, 11) is 0. The van der Waals surface area contributed by atoms with Crippen LogP contribution in [-0.4, -0.2) is 16.1 Å². The van der Waals surface area contributed by atoms with Gasteiger partial charge in [0.25, 0.3) is 5.91 Å². The van der Waals surface area contributed by atoms with Gasteiger partial charge in [0, 0.05) is 0 Å². The van der Waals surface area contributed by atoms with E-state index in [0.29, 0.717) is 0 Å². The number of aromatic hydroxyl groups is 2. The molecule has 0 fully saturated rings. The van der Waals surface area contributed by atoms with Crippen molar-refractivity contribution in [3.05, 3.63) is 22.7 Å². The molecule has 0 bridgehead atoms. The van der Waals surface area contributed by atoms with E-state index < -0.39 is 11.7 Å². The SMILES string of the molecule is NC(=O)c1ccc(O)c(Cl)c1O. The Morgan fingerprint density at radius 3 is 2.50 bits per heavy atom. The van der Waals surface area contributed by atoms with Crippen LogP contribution in [0.25, 0.3) is 0 Å². The van der Waals surface area contributed by atoms with Gasteiger partial charge in [-0.05, 0) is 12.1 Å². The van der Waals surface area contributed by atoms with E-state index in [1.165, 1.54) is 12.1 Å². The van der Waals surface area contributed by atoms with E-state index in [0.717, 1.165) is 0 Å². The number of halogens is 1. The molecule has 4 nitrogen and oxygen atoms in total. The van der Waals surface area contributed by atoms with Gasteiger partial charge in [0.05, 0.1) is 5.56 Å². The number of amides is 1. The number of rotatable bonds is 1. The Bertz CT molecular complexity index is 338. The molecule has 0 aliphatic carbocycles. The number of primary amides is 1. The lowest BCUT2D eigenvalue weighted by Gasteiger charge is -2.03. The highest BCUT2D eigenvalue weighted by Gasteiger charge is 2.13.